The van der Waals surface area contributed by atoms with Gasteiger partial charge in [-0.15, -0.1) is 0 Å². The van der Waals surface area contributed by atoms with E-state index < -0.39 is 17.5 Å². The van der Waals surface area contributed by atoms with Gasteiger partial charge >= 0.3 is 0 Å². The molecule has 0 bridgehead atoms. The summed E-state index contributed by atoms with van der Waals surface area (Å²) in [5.74, 6) is -2.12. The SMILES string of the molecule is O=C(Cc1ccc(F)c(F)c1)Nc1ccnc(Cl)n1. The third kappa shape index (κ3) is 3.69. The molecule has 0 saturated heterocycles. The predicted octanol–water partition coefficient (Wildman–Crippen LogP) is 2.59. The minimum Gasteiger partial charge on any atom is -0.310 e. The summed E-state index contributed by atoms with van der Waals surface area (Å²) >= 11 is 5.56. The van der Waals surface area contributed by atoms with Crippen molar-refractivity contribution < 1.29 is 13.6 Å². The Bertz CT molecular complexity index is 622. The van der Waals surface area contributed by atoms with Crippen molar-refractivity contribution in [1.29, 1.82) is 0 Å². The van der Waals surface area contributed by atoms with E-state index in [2.05, 4.69) is 15.3 Å². The average molecular weight is 284 g/mol. The Kier molecular flexibility index (Phi) is 4.01. The van der Waals surface area contributed by atoms with E-state index in [1.165, 1.54) is 18.3 Å². The Balaban J connectivity index is 2.03. The zero-order chi connectivity index (χ0) is 13.8. The second-order valence-corrected chi connectivity index (χ2v) is 4.02. The van der Waals surface area contributed by atoms with Gasteiger partial charge in [0.05, 0.1) is 6.42 Å². The maximum absolute atomic E-state index is 13.0. The monoisotopic (exact) mass is 283 g/mol. The van der Waals surface area contributed by atoms with Crippen LogP contribution in [-0.2, 0) is 11.2 Å². The molecule has 2 aromatic rings. The largest absolute Gasteiger partial charge is 0.310 e. The number of carbonyl (C=O) groups excluding carboxylic acids is 1. The normalized spacial score (nSPS) is 10.3. The Hall–Kier alpha value is -2.08. The van der Waals surface area contributed by atoms with Gasteiger partial charge in [-0.25, -0.2) is 18.7 Å². The molecule has 0 aliphatic heterocycles. The highest BCUT2D eigenvalue weighted by molar-refractivity contribution is 6.28. The van der Waals surface area contributed by atoms with E-state index >= 15 is 0 Å². The number of hydrogen-bond acceptors (Lipinski definition) is 3. The topological polar surface area (TPSA) is 54.9 Å². The molecule has 98 valence electrons. The van der Waals surface area contributed by atoms with Gasteiger partial charge in [-0.2, -0.15) is 0 Å². The van der Waals surface area contributed by atoms with Gasteiger partial charge in [0, 0.05) is 6.20 Å². The van der Waals surface area contributed by atoms with Crippen molar-refractivity contribution in [3.05, 3.63) is 52.9 Å². The molecule has 1 aromatic heterocycles. The smallest absolute Gasteiger partial charge is 0.229 e. The Morgan fingerprint density at radius 3 is 2.74 bits per heavy atom. The van der Waals surface area contributed by atoms with E-state index in [4.69, 9.17) is 11.6 Å². The fraction of sp³-hybridized carbons (Fsp3) is 0.0833. The Morgan fingerprint density at radius 1 is 1.26 bits per heavy atom. The van der Waals surface area contributed by atoms with Gasteiger partial charge in [0.1, 0.15) is 5.82 Å². The van der Waals surface area contributed by atoms with Crippen molar-refractivity contribution in [2.24, 2.45) is 0 Å². The third-order valence-electron chi connectivity index (χ3n) is 2.24. The van der Waals surface area contributed by atoms with E-state index in [-0.39, 0.29) is 17.5 Å². The van der Waals surface area contributed by atoms with Crippen LogP contribution in [0.25, 0.3) is 0 Å². The van der Waals surface area contributed by atoms with Crippen LogP contribution in [0, 0.1) is 11.6 Å². The van der Waals surface area contributed by atoms with Crippen molar-refractivity contribution in [3.8, 4) is 0 Å². The number of aromatic nitrogens is 2. The number of hydrogen-bond donors (Lipinski definition) is 1. The lowest BCUT2D eigenvalue weighted by Crippen LogP contribution is -2.15. The molecule has 0 saturated carbocycles. The summed E-state index contributed by atoms with van der Waals surface area (Å²) in [5, 5.41) is 2.48. The molecule has 1 amide bonds. The first-order chi connectivity index (χ1) is 9.04. The maximum Gasteiger partial charge on any atom is 0.229 e. The van der Waals surface area contributed by atoms with Gasteiger partial charge < -0.3 is 5.32 Å². The van der Waals surface area contributed by atoms with E-state index in [1.54, 1.807) is 0 Å². The lowest BCUT2D eigenvalue weighted by Gasteiger charge is -2.04. The van der Waals surface area contributed by atoms with Crippen molar-refractivity contribution in [1.82, 2.24) is 9.97 Å². The van der Waals surface area contributed by atoms with Crippen LogP contribution in [-0.4, -0.2) is 15.9 Å². The summed E-state index contributed by atoms with van der Waals surface area (Å²) in [7, 11) is 0. The predicted molar refractivity (Wildman–Crippen MR) is 65.7 cm³/mol. The molecule has 0 radical (unpaired) electrons. The number of benzene rings is 1. The van der Waals surface area contributed by atoms with Crippen LogP contribution >= 0.6 is 11.6 Å². The summed E-state index contributed by atoms with van der Waals surface area (Å²) in [4.78, 5) is 19.1. The fourth-order valence-electron chi connectivity index (χ4n) is 1.43. The van der Waals surface area contributed by atoms with Crippen LogP contribution in [0.1, 0.15) is 5.56 Å². The van der Waals surface area contributed by atoms with Gasteiger partial charge in [-0.3, -0.25) is 4.79 Å². The molecule has 4 nitrogen and oxygen atoms in total. The summed E-state index contributed by atoms with van der Waals surface area (Å²) < 4.78 is 25.7. The van der Waals surface area contributed by atoms with Gasteiger partial charge in [0.15, 0.2) is 11.6 Å². The number of carbonyl (C=O) groups is 1. The van der Waals surface area contributed by atoms with Gasteiger partial charge in [0.2, 0.25) is 11.2 Å². The summed E-state index contributed by atoms with van der Waals surface area (Å²) in [5.41, 5.74) is 0.358. The van der Waals surface area contributed by atoms with E-state index in [0.29, 0.717) is 5.56 Å². The molecule has 2 rings (SSSR count). The van der Waals surface area contributed by atoms with E-state index in [0.717, 1.165) is 12.1 Å². The molecular formula is C12H8ClF2N3O. The Morgan fingerprint density at radius 2 is 2.05 bits per heavy atom. The van der Waals surface area contributed by atoms with E-state index in [9.17, 15) is 13.6 Å². The summed E-state index contributed by atoms with van der Waals surface area (Å²) in [6, 6.07) is 4.75. The molecule has 0 spiro atoms. The van der Waals surface area contributed by atoms with Gasteiger partial charge in [-0.05, 0) is 35.4 Å². The first-order valence-corrected chi connectivity index (χ1v) is 5.65. The van der Waals surface area contributed by atoms with Crippen LogP contribution in [0.4, 0.5) is 14.6 Å². The first-order valence-electron chi connectivity index (χ1n) is 5.27. The average Bonchev–Trinajstić information content (AvgIpc) is 2.34. The van der Waals surface area contributed by atoms with Crippen LogP contribution in [0.2, 0.25) is 5.28 Å². The maximum atomic E-state index is 13.0. The Labute approximate surface area is 112 Å². The fourth-order valence-corrected chi connectivity index (χ4v) is 1.57. The number of anilines is 1. The molecule has 1 heterocycles. The molecule has 0 aliphatic rings. The number of nitrogens with zero attached hydrogens (tertiary/aromatic N) is 2. The van der Waals surface area contributed by atoms with Crippen LogP contribution in [0.5, 0.6) is 0 Å². The third-order valence-corrected chi connectivity index (χ3v) is 2.42. The lowest BCUT2D eigenvalue weighted by molar-refractivity contribution is -0.115. The van der Waals surface area contributed by atoms with Crippen molar-refractivity contribution >= 4 is 23.3 Å². The second-order valence-electron chi connectivity index (χ2n) is 3.68. The lowest BCUT2D eigenvalue weighted by atomic mass is 10.1. The number of nitrogens with one attached hydrogen (secondary N) is 1. The highest BCUT2D eigenvalue weighted by Gasteiger charge is 2.08. The standard InChI is InChI=1S/C12H8ClF2N3O/c13-12-16-4-3-10(18-12)17-11(19)6-7-1-2-8(14)9(15)5-7/h1-5H,6H2,(H,16,17,18,19). The molecule has 1 N–H and O–H groups in total. The van der Waals surface area contributed by atoms with Gasteiger partial charge in [0.25, 0.3) is 0 Å². The first kappa shape index (κ1) is 13.4. The molecular weight excluding hydrogens is 276 g/mol. The minimum absolute atomic E-state index is 0.00521. The molecule has 0 fully saturated rings. The van der Waals surface area contributed by atoms with E-state index in [1.807, 2.05) is 0 Å². The number of rotatable bonds is 3. The number of halogens is 3. The highest BCUT2D eigenvalue weighted by Crippen LogP contribution is 2.11. The molecule has 0 aliphatic carbocycles. The van der Waals surface area contributed by atoms with Crippen LogP contribution < -0.4 is 5.32 Å². The highest BCUT2D eigenvalue weighted by atomic mass is 35.5. The minimum atomic E-state index is -0.990. The van der Waals surface area contributed by atoms with Gasteiger partial charge in [-0.1, -0.05) is 6.07 Å². The molecule has 0 atom stereocenters. The second kappa shape index (κ2) is 5.71. The number of amides is 1. The molecule has 1 aromatic carbocycles. The quantitative estimate of drug-likeness (QED) is 0.881. The summed E-state index contributed by atoms with van der Waals surface area (Å²) in [6.45, 7) is 0. The molecule has 7 heteroatoms. The zero-order valence-electron chi connectivity index (χ0n) is 9.53. The van der Waals surface area contributed by atoms with Crippen LogP contribution in [0.15, 0.2) is 30.5 Å². The summed E-state index contributed by atoms with van der Waals surface area (Å²) in [6.07, 6.45) is 1.29. The van der Waals surface area contributed by atoms with Crippen molar-refractivity contribution in [2.45, 2.75) is 6.42 Å². The van der Waals surface area contributed by atoms with Crippen molar-refractivity contribution in [3.63, 3.8) is 0 Å². The zero-order valence-corrected chi connectivity index (χ0v) is 10.3. The van der Waals surface area contributed by atoms with Crippen LogP contribution in [0.3, 0.4) is 0 Å². The molecule has 19 heavy (non-hydrogen) atoms. The molecule has 0 unspecified atom stereocenters. The van der Waals surface area contributed by atoms with Crippen molar-refractivity contribution in [2.75, 3.05) is 5.32 Å².